The number of benzene rings is 9. The third kappa shape index (κ3) is 7.58. The summed E-state index contributed by atoms with van der Waals surface area (Å²) in [5, 5.41) is 7.66. The zero-order valence-electron chi connectivity index (χ0n) is 33.1. The molecular weight excluding hydrogens is 727 g/mol. The Bertz CT molecular complexity index is 2840. The molecule has 0 fully saturated rings. The number of aliphatic imine (C=N–C) groups is 1. The van der Waals surface area contributed by atoms with Gasteiger partial charge in [0.25, 0.3) is 0 Å². The second-order valence-corrected chi connectivity index (χ2v) is 15.2. The Hall–Kier alpha value is -7.59. The number of hydrogen-bond acceptors (Lipinski definition) is 3. The molecule has 0 saturated heterocycles. The lowest BCUT2D eigenvalue weighted by Gasteiger charge is -2.32. The van der Waals surface area contributed by atoms with Crippen LogP contribution in [0.5, 0.6) is 0 Å². The van der Waals surface area contributed by atoms with Gasteiger partial charge in [0.05, 0.1) is 0 Å². The van der Waals surface area contributed by atoms with Crippen LogP contribution in [-0.4, -0.2) is 5.84 Å². The average Bonchev–Trinajstić information content (AvgIpc) is 3.35. The minimum atomic E-state index is -0.369. The highest BCUT2D eigenvalue weighted by Crippen LogP contribution is 2.44. The predicted molar refractivity (Wildman–Crippen MR) is 250 cm³/mol. The first-order valence-corrected chi connectivity index (χ1v) is 20.6. The molecule has 1 aliphatic heterocycles. The molecule has 9 aromatic carbocycles. The van der Waals surface area contributed by atoms with Crippen molar-refractivity contribution in [3.63, 3.8) is 0 Å². The summed E-state index contributed by atoms with van der Waals surface area (Å²) in [5.41, 5.74) is 17.2. The lowest BCUT2D eigenvalue weighted by atomic mass is 9.84. The molecule has 3 nitrogen and oxygen atoms in total. The zero-order chi connectivity index (χ0) is 40.1. The van der Waals surface area contributed by atoms with Crippen molar-refractivity contribution in [1.29, 1.82) is 0 Å². The van der Waals surface area contributed by atoms with Gasteiger partial charge in [0.2, 0.25) is 0 Å². The molecule has 0 aliphatic carbocycles. The summed E-state index contributed by atoms with van der Waals surface area (Å²) in [6.07, 6.45) is -0.541. The van der Waals surface area contributed by atoms with Crippen LogP contribution in [0.15, 0.2) is 242 Å². The Labute approximate surface area is 352 Å². The number of nitrogens with zero attached hydrogens (tertiary/aromatic N) is 1. The van der Waals surface area contributed by atoms with Gasteiger partial charge in [0.15, 0.2) is 0 Å². The first-order chi connectivity index (χ1) is 29.7. The maximum Gasteiger partial charge on any atom is 0.131 e. The van der Waals surface area contributed by atoms with Crippen molar-refractivity contribution in [2.75, 3.05) is 0 Å². The van der Waals surface area contributed by atoms with E-state index in [1.54, 1.807) is 0 Å². The second kappa shape index (κ2) is 16.7. The SMILES string of the molecule is c1ccc(C2=NC(c3cc(-c4cc(-c5ccccc5)ccc4-c4ccccc4)cc(-c4c(-c5ccccc5)cccc4-c4ccccc4)c3)NC(c3ccccc3)N2)cc1. The normalized spacial score (nSPS) is 14.8. The monoisotopic (exact) mass is 769 g/mol. The third-order valence-electron chi connectivity index (χ3n) is 11.4. The molecule has 286 valence electrons. The van der Waals surface area contributed by atoms with Gasteiger partial charge in [-0.2, -0.15) is 0 Å². The minimum Gasteiger partial charge on any atom is -0.350 e. The van der Waals surface area contributed by atoms with E-state index in [0.717, 1.165) is 39.2 Å². The van der Waals surface area contributed by atoms with Crippen LogP contribution in [0.3, 0.4) is 0 Å². The van der Waals surface area contributed by atoms with E-state index in [4.69, 9.17) is 4.99 Å². The first-order valence-electron chi connectivity index (χ1n) is 20.6. The molecule has 0 bridgehead atoms. The molecule has 0 saturated carbocycles. The maximum absolute atomic E-state index is 5.47. The topological polar surface area (TPSA) is 36.4 Å². The van der Waals surface area contributed by atoms with Crippen LogP contribution in [0.25, 0.3) is 66.8 Å². The lowest BCUT2D eigenvalue weighted by molar-refractivity contribution is 0.409. The van der Waals surface area contributed by atoms with E-state index < -0.39 is 0 Å². The van der Waals surface area contributed by atoms with E-state index in [9.17, 15) is 0 Å². The predicted octanol–water partition coefficient (Wildman–Crippen LogP) is 14.0. The molecule has 0 spiro atoms. The summed E-state index contributed by atoms with van der Waals surface area (Å²) in [6.45, 7) is 0. The summed E-state index contributed by atoms with van der Waals surface area (Å²) in [4.78, 5) is 5.47. The molecule has 1 aliphatic rings. The Morgan fingerprint density at radius 2 is 0.783 bits per heavy atom. The largest absolute Gasteiger partial charge is 0.350 e. The van der Waals surface area contributed by atoms with Crippen molar-refractivity contribution < 1.29 is 0 Å². The summed E-state index contributed by atoms with van der Waals surface area (Å²) >= 11 is 0. The quantitative estimate of drug-likeness (QED) is 0.153. The standard InChI is InChI=1S/C57H43N3/c1-7-20-40(21-8-1)46-34-35-50(41-22-9-2-10-23-41)53(39-46)47-36-48(54-51(42-24-11-3-12-25-42)32-19-33-52(54)43-26-13-4-14-27-43)38-49(37-47)57-59-55(44-28-15-5-16-29-44)58-56(60-57)45-30-17-6-18-31-45/h1-39,55,57,59H,(H,58,60). The molecule has 0 radical (unpaired) electrons. The molecule has 0 aromatic heterocycles. The van der Waals surface area contributed by atoms with Crippen LogP contribution in [0.4, 0.5) is 0 Å². The average molecular weight is 770 g/mol. The summed E-state index contributed by atoms with van der Waals surface area (Å²) < 4.78 is 0. The number of hydrogen-bond donors (Lipinski definition) is 2. The van der Waals surface area contributed by atoms with E-state index in [1.807, 2.05) is 0 Å². The molecule has 2 N–H and O–H groups in total. The van der Waals surface area contributed by atoms with Crippen LogP contribution in [-0.2, 0) is 0 Å². The Kier molecular flexibility index (Phi) is 10.2. The fraction of sp³-hybridized carbons (Fsp3) is 0.0351. The molecular formula is C57H43N3. The summed E-state index contributed by atoms with van der Waals surface area (Å²) in [5.74, 6) is 0.853. The van der Waals surface area contributed by atoms with Crippen molar-refractivity contribution in [1.82, 2.24) is 10.6 Å². The summed E-state index contributed by atoms with van der Waals surface area (Å²) in [7, 11) is 0. The molecule has 60 heavy (non-hydrogen) atoms. The maximum atomic E-state index is 5.47. The highest BCUT2D eigenvalue weighted by molar-refractivity contribution is 6.00. The highest BCUT2D eigenvalue weighted by atomic mass is 15.3. The van der Waals surface area contributed by atoms with E-state index in [-0.39, 0.29) is 12.3 Å². The smallest absolute Gasteiger partial charge is 0.131 e. The third-order valence-corrected chi connectivity index (χ3v) is 11.4. The molecule has 9 aromatic rings. The number of rotatable bonds is 9. The Balaban J connectivity index is 1.26. The van der Waals surface area contributed by atoms with Crippen LogP contribution in [0.1, 0.15) is 29.0 Å². The van der Waals surface area contributed by atoms with E-state index in [2.05, 4.69) is 247 Å². The van der Waals surface area contributed by atoms with Gasteiger partial charge in [0.1, 0.15) is 18.2 Å². The molecule has 1 heterocycles. The van der Waals surface area contributed by atoms with Crippen molar-refractivity contribution in [2.24, 2.45) is 4.99 Å². The zero-order valence-corrected chi connectivity index (χ0v) is 33.1. The van der Waals surface area contributed by atoms with E-state index in [1.165, 1.54) is 50.1 Å². The van der Waals surface area contributed by atoms with Gasteiger partial charge >= 0.3 is 0 Å². The lowest BCUT2D eigenvalue weighted by Crippen LogP contribution is -2.44. The van der Waals surface area contributed by atoms with Crippen molar-refractivity contribution in [3.8, 4) is 66.8 Å². The molecule has 2 atom stereocenters. The summed E-state index contributed by atoms with van der Waals surface area (Å²) in [6, 6.07) is 84.7. The Morgan fingerprint density at radius 3 is 1.35 bits per heavy atom. The van der Waals surface area contributed by atoms with Crippen LogP contribution in [0.2, 0.25) is 0 Å². The van der Waals surface area contributed by atoms with Crippen LogP contribution >= 0.6 is 0 Å². The molecule has 3 heteroatoms. The van der Waals surface area contributed by atoms with Crippen LogP contribution in [0, 0.1) is 0 Å². The van der Waals surface area contributed by atoms with Gasteiger partial charge in [-0.1, -0.05) is 212 Å². The van der Waals surface area contributed by atoms with Gasteiger partial charge in [-0.05, 0) is 102 Å². The first kappa shape index (κ1) is 36.7. The van der Waals surface area contributed by atoms with Crippen LogP contribution < -0.4 is 10.6 Å². The van der Waals surface area contributed by atoms with Gasteiger partial charge in [-0.3, -0.25) is 5.32 Å². The van der Waals surface area contributed by atoms with Gasteiger partial charge in [-0.15, -0.1) is 0 Å². The number of amidine groups is 1. The second-order valence-electron chi connectivity index (χ2n) is 15.2. The van der Waals surface area contributed by atoms with Crippen molar-refractivity contribution in [3.05, 3.63) is 253 Å². The van der Waals surface area contributed by atoms with E-state index in [0.29, 0.717) is 0 Å². The fourth-order valence-electron chi connectivity index (χ4n) is 8.44. The minimum absolute atomic E-state index is 0.172. The van der Waals surface area contributed by atoms with Crippen molar-refractivity contribution >= 4 is 5.84 Å². The fourth-order valence-corrected chi connectivity index (χ4v) is 8.44. The van der Waals surface area contributed by atoms with Gasteiger partial charge in [0, 0.05) is 5.56 Å². The number of nitrogens with one attached hydrogen (secondary N) is 2. The van der Waals surface area contributed by atoms with Gasteiger partial charge < -0.3 is 5.32 Å². The Morgan fingerprint density at radius 1 is 0.300 bits per heavy atom. The highest BCUT2D eigenvalue weighted by Gasteiger charge is 2.27. The van der Waals surface area contributed by atoms with Gasteiger partial charge in [-0.25, -0.2) is 4.99 Å². The molecule has 10 rings (SSSR count). The molecule has 2 unspecified atom stereocenters. The van der Waals surface area contributed by atoms with Crippen molar-refractivity contribution in [2.45, 2.75) is 12.3 Å². The molecule has 0 amide bonds. The van der Waals surface area contributed by atoms with E-state index >= 15 is 0 Å².